The number of ether oxygens (including phenoxy) is 2. The summed E-state index contributed by atoms with van der Waals surface area (Å²) < 4.78 is 35.9. The fraction of sp³-hybridized carbons (Fsp3) is 0.474. The second kappa shape index (κ2) is 12.0. The fourth-order valence-electron chi connectivity index (χ4n) is 3.61. The van der Waals surface area contributed by atoms with Gasteiger partial charge in [-0.1, -0.05) is 0 Å². The molecule has 0 aromatic carbocycles. The van der Waals surface area contributed by atoms with E-state index in [0.29, 0.717) is 34.0 Å². The second-order valence-electron chi connectivity index (χ2n) is 8.66. The fourth-order valence-corrected chi connectivity index (χ4v) is 4.50. The van der Waals surface area contributed by atoms with Gasteiger partial charge in [-0.3, -0.25) is 9.13 Å². The van der Waals surface area contributed by atoms with Gasteiger partial charge in [0.05, 0.1) is 44.6 Å². The third-order valence-corrected chi connectivity index (χ3v) is 6.25. The molecule has 4 aromatic heterocycles. The largest absolute Gasteiger partial charge is 0.364 e. The third-order valence-electron chi connectivity index (χ3n) is 5.28. The molecule has 2 atom stereocenters. The summed E-state index contributed by atoms with van der Waals surface area (Å²) in [6.07, 6.45) is 3.47. The summed E-state index contributed by atoms with van der Waals surface area (Å²) in [5.41, 5.74) is 2.00. The van der Waals surface area contributed by atoms with Crippen molar-refractivity contribution >= 4 is 49.2 Å². The van der Waals surface area contributed by atoms with Crippen LogP contribution in [-0.4, -0.2) is 90.2 Å². The molecular formula is C19H28N10O8P2. The highest BCUT2D eigenvalue weighted by atomic mass is 31.2. The summed E-state index contributed by atoms with van der Waals surface area (Å²) in [6, 6.07) is 0. The summed E-state index contributed by atoms with van der Waals surface area (Å²) in [5.74, 6) is 0.892. The van der Waals surface area contributed by atoms with Gasteiger partial charge in [-0.05, 0) is 13.8 Å². The summed E-state index contributed by atoms with van der Waals surface area (Å²) >= 11 is 0. The van der Waals surface area contributed by atoms with Crippen LogP contribution in [0.15, 0.2) is 25.3 Å². The highest BCUT2D eigenvalue weighted by molar-refractivity contribution is 7.51. The molecule has 0 saturated heterocycles. The number of fused-ring (bicyclic) bond motifs is 2. The van der Waals surface area contributed by atoms with E-state index in [1.54, 1.807) is 35.6 Å². The standard InChI is InChI=1S/C19H28N10O8P2/c1-12(36-10-38(30,31)32)3-28-8-26-14-16(22-6-24-18(14)28)20-5-21-17-15-19(25-7-23-17)29(9-27-15)4-13(2)37-11-39(33,34)35/h6-9,12-13H,3-5,10-11H2,1-2H3,(H,20,22,24)(H,21,23,25)(H2,30,31,32)(H2,33,34,35)/t12-,13-/m1/s1. The van der Waals surface area contributed by atoms with Crippen LogP contribution in [0, 0.1) is 0 Å². The van der Waals surface area contributed by atoms with Crippen LogP contribution in [0.5, 0.6) is 0 Å². The van der Waals surface area contributed by atoms with Gasteiger partial charge in [0.1, 0.15) is 36.4 Å². The first-order valence-electron chi connectivity index (χ1n) is 11.5. The molecule has 0 saturated carbocycles. The molecule has 6 N–H and O–H groups in total. The predicted octanol–water partition coefficient (Wildman–Crippen LogP) is 0.528. The molecule has 18 nitrogen and oxygen atoms in total. The van der Waals surface area contributed by atoms with E-state index in [-0.39, 0.29) is 19.8 Å². The summed E-state index contributed by atoms with van der Waals surface area (Å²) in [5, 5.41) is 6.24. The maximum atomic E-state index is 11.0. The van der Waals surface area contributed by atoms with E-state index >= 15 is 0 Å². The number of imidazole rings is 2. The van der Waals surface area contributed by atoms with Crippen LogP contribution in [0.3, 0.4) is 0 Å². The van der Waals surface area contributed by atoms with Gasteiger partial charge < -0.3 is 48.8 Å². The van der Waals surface area contributed by atoms with Crippen molar-refractivity contribution in [3.63, 3.8) is 0 Å². The zero-order valence-corrected chi connectivity index (χ0v) is 22.7. The molecular weight excluding hydrogens is 558 g/mol. The third kappa shape index (κ3) is 7.97. The first-order valence-corrected chi connectivity index (χ1v) is 15.1. The van der Waals surface area contributed by atoms with Crippen LogP contribution in [0.25, 0.3) is 22.3 Å². The first kappa shape index (κ1) is 28.9. The number of nitrogens with one attached hydrogen (secondary N) is 2. The van der Waals surface area contributed by atoms with Crippen LogP contribution >= 0.6 is 15.2 Å². The smallest absolute Gasteiger partial charge is 0.350 e. The Kier molecular flexibility index (Phi) is 8.88. The molecule has 0 unspecified atom stereocenters. The summed E-state index contributed by atoms with van der Waals surface area (Å²) in [4.78, 5) is 61.7. The summed E-state index contributed by atoms with van der Waals surface area (Å²) in [6.45, 7) is 4.12. The normalized spacial score (nSPS) is 14.1. The van der Waals surface area contributed by atoms with E-state index in [1.807, 2.05) is 0 Å². The van der Waals surface area contributed by atoms with Gasteiger partial charge in [0.2, 0.25) is 0 Å². The predicted molar refractivity (Wildman–Crippen MR) is 138 cm³/mol. The zero-order chi connectivity index (χ0) is 28.2. The van der Waals surface area contributed by atoms with Crippen molar-refractivity contribution in [2.75, 3.05) is 30.0 Å². The average molecular weight is 586 g/mol. The number of anilines is 2. The lowest BCUT2D eigenvalue weighted by Crippen LogP contribution is -2.18. The minimum Gasteiger partial charge on any atom is -0.364 e. The van der Waals surface area contributed by atoms with Crippen LogP contribution < -0.4 is 10.6 Å². The second-order valence-corrected chi connectivity index (χ2v) is 11.8. The molecule has 20 heteroatoms. The van der Waals surface area contributed by atoms with E-state index in [2.05, 4.69) is 40.5 Å². The molecule has 0 bridgehead atoms. The Hall–Kier alpha value is -3.08. The van der Waals surface area contributed by atoms with Gasteiger partial charge in [-0.25, -0.2) is 29.9 Å². The Morgan fingerprint density at radius 2 is 1.15 bits per heavy atom. The molecule has 0 amide bonds. The highest BCUT2D eigenvalue weighted by Gasteiger charge is 2.19. The highest BCUT2D eigenvalue weighted by Crippen LogP contribution is 2.35. The number of hydrogen-bond acceptors (Lipinski definition) is 12. The number of rotatable bonds is 14. The molecule has 4 aromatic rings. The molecule has 0 aliphatic heterocycles. The first-order chi connectivity index (χ1) is 18.4. The van der Waals surface area contributed by atoms with Gasteiger partial charge in [0.15, 0.2) is 22.9 Å². The summed E-state index contributed by atoms with van der Waals surface area (Å²) in [7, 11) is -8.54. The van der Waals surface area contributed by atoms with Crippen molar-refractivity contribution in [1.82, 2.24) is 39.0 Å². The van der Waals surface area contributed by atoms with Gasteiger partial charge in [0.25, 0.3) is 0 Å². The van der Waals surface area contributed by atoms with Crippen LogP contribution in [0.1, 0.15) is 13.8 Å². The molecule has 0 aliphatic carbocycles. The molecule has 0 fully saturated rings. The maximum Gasteiger partial charge on any atom is 0.350 e. The van der Waals surface area contributed by atoms with Crippen molar-refractivity contribution in [3.8, 4) is 0 Å². The quantitative estimate of drug-likeness (QED) is 0.0871. The molecule has 212 valence electrons. The lowest BCUT2D eigenvalue weighted by Gasteiger charge is -2.14. The van der Waals surface area contributed by atoms with Crippen LogP contribution in [0.4, 0.5) is 11.6 Å². The van der Waals surface area contributed by atoms with E-state index in [1.165, 1.54) is 12.7 Å². The van der Waals surface area contributed by atoms with E-state index in [9.17, 15) is 9.13 Å². The Morgan fingerprint density at radius 3 is 1.54 bits per heavy atom. The van der Waals surface area contributed by atoms with E-state index in [4.69, 9.17) is 29.0 Å². The minimum atomic E-state index is -4.27. The van der Waals surface area contributed by atoms with Gasteiger partial charge in [0, 0.05) is 0 Å². The minimum absolute atomic E-state index is 0.196. The topological polar surface area (TPSA) is 245 Å². The average Bonchev–Trinajstić information content (AvgIpc) is 3.46. The van der Waals surface area contributed by atoms with Crippen LogP contribution in [0.2, 0.25) is 0 Å². The van der Waals surface area contributed by atoms with E-state index < -0.39 is 40.1 Å². The van der Waals surface area contributed by atoms with Crippen molar-refractivity contribution in [1.29, 1.82) is 0 Å². The SMILES string of the molecule is C[C@H](Cn1cnc2c(NCNc3ncnc4c3ncn4C[C@@H](C)OCP(=O)(O)O)ncnc21)OCP(=O)(O)O. The Bertz CT molecular complexity index is 1410. The van der Waals surface area contributed by atoms with Gasteiger partial charge >= 0.3 is 15.2 Å². The van der Waals surface area contributed by atoms with Crippen LogP contribution in [-0.2, 0) is 31.7 Å². The molecule has 0 radical (unpaired) electrons. The Balaban J connectivity index is 1.39. The van der Waals surface area contributed by atoms with Crippen molar-refractivity contribution in [2.45, 2.75) is 39.1 Å². The molecule has 0 aliphatic rings. The number of aromatic nitrogens is 8. The molecule has 39 heavy (non-hydrogen) atoms. The number of nitrogens with zero attached hydrogens (tertiary/aromatic N) is 8. The zero-order valence-electron chi connectivity index (χ0n) is 20.9. The monoisotopic (exact) mass is 586 g/mol. The lowest BCUT2D eigenvalue weighted by molar-refractivity contribution is 0.0764. The van der Waals surface area contributed by atoms with Crippen molar-refractivity contribution < 1.29 is 38.2 Å². The molecule has 0 spiro atoms. The van der Waals surface area contributed by atoms with Gasteiger partial charge in [-0.15, -0.1) is 0 Å². The molecule has 4 rings (SSSR count). The number of hydrogen-bond donors (Lipinski definition) is 6. The van der Waals surface area contributed by atoms with Crippen molar-refractivity contribution in [2.24, 2.45) is 0 Å². The van der Waals surface area contributed by atoms with Crippen molar-refractivity contribution in [3.05, 3.63) is 25.3 Å². The van der Waals surface area contributed by atoms with E-state index in [0.717, 1.165) is 0 Å². The molecule has 4 heterocycles. The Morgan fingerprint density at radius 1 is 0.744 bits per heavy atom. The van der Waals surface area contributed by atoms with Gasteiger partial charge in [-0.2, -0.15) is 0 Å². The lowest BCUT2D eigenvalue weighted by atomic mass is 10.4. The Labute approximate surface area is 221 Å². The maximum absolute atomic E-state index is 11.0.